The first-order valence-electron chi connectivity index (χ1n) is 19.0. The van der Waals surface area contributed by atoms with Crippen molar-refractivity contribution in [2.75, 3.05) is 60.2 Å². The van der Waals surface area contributed by atoms with Gasteiger partial charge < -0.3 is 33.7 Å². The van der Waals surface area contributed by atoms with E-state index in [2.05, 4.69) is 4.90 Å². The lowest BCUT2D eigenvalue weighted by molar-refractivity contribution is -0.165. The average molecular weight is 707 g/mol. The van der Waals surface area contributed by atoms with Crippen LogP contribution in [0.2, 0.25) is 0 Å². The molecular weight excluding hydrogens is 648 g/mol. The van der Waals surface area contributed by atoms with Crippen LogP contribution in [0, 0.1) is 11.8 Å². The van der Waals surface area contributed by atoms with Crippen LogP contribution in [0.4, 0.5) is 0 Å². The van der Waals surface area contributed by atoms with Gasteiger partial charge in [-0.25, -0.2) is 4.79 Å². The van der Waals surface area contributed by atoms with Crippen molar-refractivity contribution >= 4 is 11.9 Å². The molecule has 280 valence electrons. The quantitative estimate of drug-likeness (QED) is 0.163. The number of aryl methyl sites for hydroxylation is 1. The van der Waals surface area contributed by atoms with Crippen molar-refractivity contribution in [3.05, 3.63) is 65.7 Å². The number of hydrogen-bond donors (Lipinski definition) is 1. The van der Waals surface area contributed by atoms with E-state index in [9.17, 15) is 14.7 Å². The highest BCUT2D eigenvalue weighted by Gasteiger charge is 2.42. The summed E-state index contributed by atoms with van der Waals surface area (Å²) in [7, 11) is 3.23. The van der Waals surface area contributed by atoms with Gasteiger partial charge in [-0.3, -0.25) is 9.69 Å². The first-order valence-corrected chi connectivity index (χ1v) is 19.0. The van der Waals surface area contributed by atoms with Gasteiger partial charge in [-0.1, -0.05) is 49.6 Å². The van der Waals surface area contributed by atoms with E-state index in [1.807, 2.05) is 49.4 Å². The van der Waals surface area contributed by atoms with Gasteiger partial charge in [0.2, 0.25) is 5.91 Å². The van der Waals surface area contributed by atoms with Crippen LogP contribution >= 0.6 is 0 Å². The second-order valence-corrected chi connectivity index (χ2v) is 14.0. The number of nitrogens with zero attached hydrogens (tertiary/aromatic N) is 2. The van der Waals surface area contributed by atoms with Crippen molar-refractivity contribution in [3.63, 3.8) is 0 Å². The minimum Gasteiger partial charge on any atom is -0.493 e. The molecule has 1 amide bonds. The Balaban J connectivity index is 1.35. The van der Waals surface area contributed by atoms with Crippen LogP contribution in [-0.4, -0.2) is 99.1 Å². The summed E-state index contributed by atoms with van der Waals surface area (Å²) in [6.07, 6.45) is 10.5. The summed E-state index contributed by atoms with van der Waals surface area (Å²) in [4.78, 5) is 32.6. The average Bonchev–Trinajstić information content (AvgIpc) is 3.17. The number of amides is 1. The topological polar surface area (TPSA) is 107 Å². The number of rotatable bonds is 16. The second-order valence-electron chi connectivity index (χ2n) is 14.0. The largest absolute Gasteiger partial charge is 0.493 e. The number of methoxy groups -OCH3 is 2. The molecule has 3 aliphatic rings. The van der Waals surface area contributed by atoms with Crippen LogP contribution in [-0.2, 0) is 25.5 Å². The van der Waals surface area contributed by atoms with Gasteiger partial charge in [0, 0.05) is 26.2 Å². The van der Waals surface area contributed by atoms with Gasteiger partial charge in [-0.15, -0.1) is 0 Å². The van der Waals surface area contributed by atoms with Crippen molar-refractivity contribution in [1.82, 2.24) is 9.80 Å². The molecule has 2 aliphatic heterocycles. The number of ether oxygens (including phenoxy) is 5. The summed E-state index contributed by atoms with van der Waals surface area (Å²) in [6.45, 7) is 6.96. The lowest BCUT2D eigenvalue weighted by Gasteiger charge is -2.40. The van der Waals surface area contributed by atoms with Crippen LogP contribution in [0.15, 0.2) is 54.6 Å². The van der Waals surface area contributed by atoms with E-state index in [0.29, 0.717) is 43.9 Å². The monoisotopic (exact) mass is 706 g/mol. The number of benzene rings is 2. The van der Waals surface area contributed by atoms with E-state index in [1.54, 1.807) is 31.3 Å². The Morgan fingerprint density at radius 1 is 0.941 bits per heavy atom. The summed E-state index contributed by atoms with van der Waals surface area (Å²) >= 11 is 0. The van der Waals surface area contributed by atoms with E-state index in [1.165, 1.54) is 0 Å². The fourth-order valence-corrected chi connectivity index (χ4v) is 7.84. The fraction of sp³-hybridized carbons (Fsp3) is 0.610. The second kappa shape index (κ2) is 19.9. The summed E-state index contributed by atoms with van der Waals surface area (Å²) in [5, 5.41) is 11.2. The van der Waals surface area contributed by atoms with Crippen molar-refractivity contribution in [2.24, 2.45) is 11.8 Å². The predicted molar refractivity (Wildman–Crippen MR) is 196 cm³/mol. The Labute approximate surface area is 304 Å². The Morgan fingerprint density at radius 2 is 1.71 bits per heavy atom. The Bertz CT molecular complexity index is 1420. The minimum absolute atomic E-state index is 0.0938. The zero-order valence-corrected chi connectivity index (χ0v) is 30.8. The molecule has 4 atom stereocenters. The number of aliphatic hydroxyl groups excluding tert-OH is 1. The molecule has 0 unspecified atom stereocenters. The lowest BCUT2D eigenvalue weighted by Crippen LogP contribution is -2.53. The molecule has 2 saturated heterocycles. The Hall–Kier alpha value is -3.60. The number of allylic oxidation sites excluding steroid dienone is 1. The molecule has 3 fully saturated rings. The number of likely N-dealkylation sites (tertiary alicyclic amines) is 1. The van der Waals surface area contributed by atoms with E-state index >= 15 is 0 Å². The van der Waals surface area contributed by atoms with Crippen LogP contribution in [0.25, 0.3) is 0 Å². The molecule has 1 saturated carbocycles. The molecule has 2 heterocycles. The lowest BCUT2D eigenvalue weighted by atomic mass is 9.76. The zero-order valence-electron chi connectivity index (χ0n) is 30.8. The van der Waals surface area contributed by atoms with Crippen LogP contribution in [0.5, 0.6) is 17.2 Å². The molecule has 1 N–H and O–H groups in total. The zero-order chi connectivity index (χ0) is 36.0. The van der Waals surface area contributed by atoms with Gasteiger partial charge in [0.15, 0.2) is 11.5 Å². The number of piperidine rings is 1. The third-order valence-corrected chi connectivity index (χ3v) is 10.7. The molecule has 2 aromatic rings. The molecule has 0 radical (unpaired) electrons. The number of morpholine rings is 1. The van der Waals surface area contributed by atoms with Gasteiger partial charge in [0.05, 0.1) is 39.5 Å². The van der Waals surface area contributed by atoms with Gasteiger partial charge in [-0.2, -0.15) is 0 Å². The molecule has 51 heavy (non-hydrogen) atoms. The number of carbonyl (C=O) groups is 2. The molecule has 0 bridgehead atoms. The predicted octanol–water partition coefficient (Wildman–Crippen LogP) is 6.15. The molecular formula is C41H58N2O8. The maximum absolute atomic E-state index is 14.3. The third-order valence-electron chi connectivity index (χ3n) is 10.7. The third kappa shape index (κ3) is 10.7. The van der Waals surface area contributed by atoms with Crippen LogP contribution in [0.1, 0.15) is 81.9 Å². The highest BCUT2D eigenvalue weighted by molar-refractivity contribution is 5.87. The molecule has 10 heteroatoms. The SMILES string of the molecule is C/C=C/[C@@H](O)[C@@H](C(=O)N1CCCC[C@@H]1C(=O)O[C@@H](CCc1ccc(OC)c(OC)c1)c1cccc(OCCN2CCOCC2)c1)C1CCCCC1. The van der Waals surface area contributed by atoms with Crippen molar-refractivity contribution in [2.45, 2.75) is 89.4 Å². The van der Waals surface area contributed by atoms with Gasteiger partial charge >= 0.3 is 5.97 Å². The first-order chi connectivity index (χ1) is 24.9. The number of hydrogen-bond acceptors (Lipinski definition) is 9. The van der Waals surface area contributed by atoms with Gasteiger partial charge in [0.1, 0.15) is 24.5 Å². The smallest absolute Gasteiger partial charge is 0.329 e. The standard InChI is InChI=1S/C41H58N2O8/c1-4-11-35(44)39(31-12-6-5-7-13-31)40(45)43-21-9-8-16-34(43)41(46)51-36(19-17-30-18-20-37(47-2)38(28-30)48-3)32-14-10-15-33(29-32)50-27-24-42-22-25-49-26-23-42/h4,10-11,14-15,18,20,28-29,31,34-36,39,44H,5-9,12-13,16-17,19,21-27H2,1-3H3/b11-4+/t34-,35-,36+,39+/m1/s1. The van der Waals surface area contributed by atoms with E-state index < -0.39 is 30.1 Å². The summed E-state index contributed by atoms with van der Waals surface area (Å²) < 4.78 is 29.0. The Kier molecular flexibility index (Phi) is 15.0. The molecule has 5 rings (SSSR count). The molecule has 1 aliphatic carbocycles. The maximum Gasteiger partial charge on any atom is 0.329 e. The van der Waals surface area contributed by atoms with E-state index in [4.69, 9.17) is 23.7 Å². The van der Waals surface area contributed by atoms with Crippen molar-refractivity contribution < 1.29 is 38.4 Å². The summed E-state index contributed by atoms with van der Waals surface area (Å²) in [5.74, 6) is 1.00. The number of esters is 1. The first kappa shape index (κ1) is 38.6. The number of carbonyl (C=O) groups excluding carboxylic acids is 2. The highest BCUT2D eigenvalue weighted by atomic mass is 16.5. The van der Waals surface area contributed by atoms with Crippen molar-refractivity contribution in [1.29, 1.82) is 0 Å². The highest BCUT2D eigenvalue weighted by Crippen LogP contribution is 2.36. The van der Waals surface area contributed by atoms with Gasteiger partial charge in [0.25, 0.3) is 0 Å². The maximum atomic E-state index is 14.3. The number of aliphatic hydroxyl groups is 1. The summed E-state index contributed by atoms with van der Waals surface area (Å²) in [6, 6.07) is 12.9. The van der Waals surface area contributed by atoms with E-state index in [-0.39, 0.29) is 11.8 Å². The Morgan fingerprint density at radius 3 is 2.45 bits per heavy atom. The van der Waals surface area contributed by atoms with E-state index in [0.717, 1.165) is 94.7 Å². The van der Waals surface area contributed by atoms with Crippen LogP contribution < -0.4 is 14.2 Å². The molecule has 0 aromatic heterocycles. The molecule has 2 aromatic carbocycles. The van der Waals surface area contributed by atoms with Gasteiger partial charge in [-0.05, 0) is 93.2 Å². The molecule has 0 spiro atoms. The summed E-state index contributed by atoms with van der Waals surface area (Å²) in [5.41, 5.74) is 1.86. The fourth-order valence-electron chi connectivity index (χ4n) is 7.84. The molecule has 10 nitrogen and oxygen atoms in total. The normalized spacial score (nSPS) is 20.8. The van der Waals surface area contributed by atoms with Crippen molar-refractivity contribution in [3.8, 4) is 17.2 Å². The minimum atomic E-state index is -0.885. The van der Waals surface area contributed by atoms with Crippen LogP contribution in [0.3, 0.4) is 0 Å².